The Bertz CT molecular complexity index is 866. The normalized spacial score (nSPS) is 13.0. The zero-order valence-electron chi connectivity index (χ0n) is 18.0. The van der Waals surface area contributed by atoms with Crippen molar-refractivity contribution in [3.05, 3.63) is 96.6 Å². The smallest absolute Gasteiger partial charge is 0.261 e. The first-order valence-corrected chi connectivity index (χ1v) is 12.2. The van der Waals surface area contributed by atoms with Crippen molar-refractivity contribution in [3.63, 3.8) is 0 Å². The summed E-state index contributed by atoms with van der Waals surface area (Å²) in [5.74, 6) is 0. The standard InChI is InChI=1S/C26H30O3Si/c1-26(2,3)30(24-15-9-5-10-16-24,25-17-11-6-12-18-25)29-21-23(19-27)28-20-22-13-7-4-8-14-22/h4-19,23H,20-21H2,1-3H3. The van der Waals surface area contributed by atoms with E-state index in [9.17, 15) is 4.79 Å². The number of hydrogen-bond donors (Lipinski definition) is 0. The molecule has 3 nitrogen and oxygen atoms in total. The monoisotopic (exact) mass is 418 g/mol. The molecule has 156 valence electrons. The molecule has 3 rings (SSSR count). The number of rotatable bonds is 9. The van der Waals surface area contributed by atoms with Gasteiger partial charge in [-0.25, -0.2) is 0 Å². The van der Waals surface area contributed by atoms with E-state index in [1.165, 1.54) is 10.4 Å². The van der Waals surface area contributed by atoms with E-state index in [0.29, 0.717) is 6.61 Å². The molecule has 0 N–H and O–H groups in total. The largest absolute Gasteiger partial charge is 0.404 e. The van der Waals surface area contributed by atoms with Crippen LogP contribution < -0.4 is 10.4 Å². The molecule has 3 aromatic carbocycles. The van der Waals surface area contributed by atoms with Gasteiger partial charge in [-0.3, -0.25) is 0 Å². The maximum absolute atomic E-state index is 11.8. The summed E-state index contributed by atoms with van der Waals surface area (Å²) in [4.78, 5) is 11.8. The van der Waals surface area contributed by atoms with Crippen molar-refractivity contribution in [2.24, 2.45) is 0 Å². The average Bonchev–Trinajstić information content (AvgIpc) is 2.77. The number of ether oxygens (including phenoxy) is 1. The Kier molecular flexibility index (Phi) is 7.37. The van der Waals surface area contributed by atoms with E-state index in [4.69, 9.17) is 9.16 Å². The Labute approximate surface area is 180 Å². The van der Waals surface area contributed by atoms with Crippen LogP contribution in [0.25, 0.3) is 0 Å². The van der Waals surface area contributed by atoms with Gasteiger partial charge in [-0.15, -0.1) is 0 Å². The molecular weight excluding hydrogens is 388 g/mol. The van der Waals surface area contributed by atoms with Crippen LogP contribution in [0, 0.1) is 0 Å². The van der Waals surface area contributed by atoms with Gasteiger partial charge in [-0.1, -0.05) is 112 Å². The maximum Gasteiger partial charge on any atom is 0.261 e. The molecule has 0 saturated heterocycles. The predicted molar refractivity (Wildman–Crippen MR) is 125 cm³/mol. The Morgan fingerprint density at radius 3 is 1.70 bits per heavy atom. The van der Waals surface area contributed by atoms with Crippen LogP contribution in [0.15, 0.2) is 91.0 Å². The van der Waals surface area contributed by atoms with Crippen molar-refractivity contribution < 1.29 is 14.0 Å². The van der Waals surface area contributed by atoms with Crippen LogP contribution in [-0.4, -0.2) is 27.3 Å². The van der Waals surface area contributed by atoms with E-state index in [1.54, 1.807) is 0 Å². The second-order valence-electron chi connectivity index (χ2n) is 8.45. The Morgan fingerprint density at radius 1 is 0.800 bits per heavy atom. The zero-order chi connectivity index (χ0) is 21.5. The topological polar surface area (TPSA) is 35.5 Å². The van der Waals surface area contributed by atoms with Gasteiger partial charge in [-0.2, -0.15) is 0 Å². The molecule has 1 atom stereocenters. The van der Waals surface area contributed by atoms with Gasteiger partial charge in [0.25, 0.3) is 8.32 Å². The summed E-state index contributed by atoms with van der Waals surface area (Å²) >= 11 is 0. The van der Waals surface area contributed by atoms with Crippen molar-refractivity contribution in [2.75, 3.05) is 6.61 Å². The second kappa shape index (κ2) is 9.98. The fourth-order valence-electron chi connectivity index (χ4n) is 3.87. The van der Waals surface area contributed by atoms with Gasteiger partial charge in [0.1, 0.15) is 6.10 Å². The van der Waals surface area contributed by atoms with E-state index in [0.717, 1.165) is 11.8 Å². The molecule has 4 heteroatoms. The zero-order valence-corrected chi connectivity index (χ0v) is 19.0. The number of hydrogen-bond acceptors (Lipinski definition) is 3. The van der Waals surface area contributed by atoms with Crippen LogP contribution in [0.5, 0.6) is 0 Å². The van der Waals surface area contributed by atoms with Crippen LogP contribution in [0.2, 0.25) is 5.04 Å². The van der Waals surface area contributed by atoms with Crippen LogP contribution in [-0.2, 0) is 20.6 Å². The first-order valence-electron chi connectivity index (χ1n) is 10.3. The summed E-state index contributed by atoms with van der Waals surface area (Å²) in [5, 5.41) is 2.25. The molecule has 0 amide bonds. The Balaban J connectivity index is 1.89. The van der Waals surface area contributed by atoms with Gasteiger partial charge in [0.05, 0.1) is 13.2 Å². The summed E-state index contributed by atoms with van der Waals surface area (Å²) in [6.07, 6.45) is 0.229. The molecule has 0 aliphatic heterocycles. The molecule has 0 aliphatic rings. The molecular formula is C26H30O3Si. The average molecular weight is 419 g/mol. The molecule has 1 unspecified atom stereocenters. The summed E-state index contributed by atoms with van der Waals surface area (Å²) < 4.78 is 12.7. The summed E-state index contributed by atoms with van der Waals surface area (Å²) in [6, 6.07) is 30.7. The molecule has 0 fully saturated rings. The van der Waals surface area contributed by atoms with Crippen molar-refractivity contribution in [2.45, 2.75) is 38.5 Å². The number of aldehydes is 1. The lowest BCUT2D eigenvalue weighted by atomic mass is 10.2. The lowest BCUT2D eigenvalue weighted by Crippen LogP contribution is -2.67. The van der Waals surface area contributed by atoms with Crippen molar-refractivity contribution in [3.8, 4) is 0 Å². The van der Waals surface area contributed by atoms with Crippen LogP contribution in [0.1, 0.15) is 26.3 Å². The van der Waals surface area contributed by atoms with E-state index in [-0.39, 0.29) is 11.6 Å². The van der Waals surface area contributed by atoms with Gasteiger partial charge in [-0.05, 0) is 21.0 Å². The van der Waals surface area contributed by atoms with Crippen molar-refractivity contribution >= 4 is 25.0 Å². The van der Waals surface area contributed by atoms with Gasteiger partial charge < -0.3 is 14.0 Å². The molecule has 0 saturated carbocycles. The van der Waals surface area contributed by atoms with Crippen LogP contribution in [0.3, 0.4) is 0 Å². The fraction of sp³-hybridized carbons (Fsp3) is 0.269. The molecule has 0 heterocycles. The molecule has 0 spiro atoms. The SMILES string of the molecule is CC(C)(C)[Si](OCC(C=O)OCc1ccccc1)(c1ccccc1)c1ccccc1. The van der Waals surface area contributed by atoms with Crippen LogP contribution in [0.4, 0.5) is 0 Å². The molecule has 30 heavy (non-hydrogen) atoms. The van der Waals surface area contributed by atoms with Crippen molar-refractivity contribution in [1.29, 1.82) is 0 Å². The van der Waals surface area contributed by atoms with Gasteiger partial charge >= 0.3 is 0 Å². The quantitative estimate of drug-likeness (QED) is 0.383. The predicted octanol–water partition coefficient (Wildman–Crippen LogP) is 4.35. The third-order valence-corrected chi connectivity index (χ3v) is 10.3. The van der Waals surface area contributed by atoms with E-state index in [1.807, 2.05) is 42.5 Å². The fourth-order valence-corrected chi connectivity index (χ4v) is 8.44. The van der Waals surface area contributed by atoms with Gasteiger partial charge in [0.2, 0.25) is 0 Å². The summed E-state index contributed by atoms with van der Waals surface area (Å²) in [6.45, 7) is 7.28. The van der Waals surface area contributed by atoms with E-state index in [2.05, 4.69) is 69.3 Å². The van der Waals surface area contributed by atoms with E-state index < -0.39 is 14.4 Å². The van der Waals surface area contributed by atoms with Gasteiger partial charge in [0.15, 0.2) is 6.29 Å². The van der Waals surface area contributed by atoms with Crippen LogP contribution >= 0.6 is 0 Å². The first kappa shape index (κ1) is 22.2. The Hall–Kier alpha value is -2.53. The molecule has 0 radical (unpaired) electrons. The summed E-state index contributed by atoms with van der Waals surface area (Å²) in [5.41, 5.74) is 1.04. The number of carbonyl (C=O) groups excluding carboxylic acids is 1. The second-order valence-corrected chi connectivity index (χ2v) is 12.8. The number of carbonyl (C=O) groups is 1. The molecule has 0 aromatic heterocycles. The molecule has 0 aliphatic carbocycles. The highest BCUT2D eigenvalue weighted by molar-refractivity contribution is 6.99. The number of benzene rings is 3. The third-order valence-electron chi connectivity index (χ3n) is 5.34. The highest BCUT2D eigenvalue weighted by Crippen LogP contribution is 2.36. The minimum absolute atomic E-state index is 0.136. The highest BCUT2D eigenvalue weighted by atomic mass is 28.4. The Morgan fingerprint density at radius 2 is 1.27 bits per heavy atom. The molecule has 3 aromatic rings. The van der Waals surface area contributed by atoms with E-state index >= 15 is 0 Å². The third kappa shape index (κ3) is 4.96. The summed E-state index contributed by atoms with van der Waals surface area (Å²) in [7, 11) is -2.68. The lowest BCUT2D eigenvalue weighted by molar-refractivity contribution is -0.120. The van der Waals surface area contributed by atoms with Gasteiger partial charge in [0, 0.05) is 0 Å². The minimum Gasteiger partial charge on any atom is -0.404 e. The highest BCUT2D eigenvalue weighted by Gasteiger charge is 2.50. The molecule has 0 bridgehead atoms. The minimum atomic E-state index is -2.68. The first-order chi connectivity index (χ1) is 14.5. The lowest BCUT2D eigenvalue weighted by Gasteiger charge is -2.43. The maximum atomic E-state index is 11.8. The van der Waals surface area contributed by atoms with Crippen molar-refractivity contribution in [1.82, 2.24) is 0 Å².